The van der Waals surface area contributed by atoms with Gasteiger partial charge in [-0.25, -0.2) is 0 Å². The quantitative estimate of drug-likeness (QED) is 0.824. The lowest BCUT2D eigenvalue weighted by atomic mass is 10.1. The highest BCUT2D eigenvalue weighted by Crippen LogP contribution is 2.07. The Morgan fingerprint density at radius 2 is 2.11 bits per heavy atom. The number of likely N-dealkylation sites (N-methyl/N-ethyl adjacent to an activating group) is 1. The summed E-state index contributed by atoms with van der Waals surface area (Å²) in [7, 11) is 3.30. The van der Waals surface area contributed by atoms with Crippen LogP contribution >= 0.6 is 0 Å². The number of hydrogen-bond acceptors (Lipinski definition) is 4. The molecule has 0 saturated carbocycles. The fourth-order valence-electron chi connectivity index (χ4n) is 1.69. The average Bonchev–Trinajstić information content (AvgIpc) is 2.44. The first-order valence-corrected chi connectivity index (χ1v) is 6.07. The highest BCUT2D eigenvalue weighted by atomic mass is 16.5. The van der Waals surface area contributed by atoms with E-state index in [-0.39, 0.29) is 5.91 Å². The van der Waals surface area contributed by atoms with Crippen molar-refractivity contribution in [3.8, 4) is 6.07 Å². The molecule has 0 aliphatic rings. The van der Waals surface area contributed by atoms with Crippen molar-refractivity contribution in [3.63, 3.8) is 0 Å². The van der Waals surface area contributed by atoms with Gasteiger partial charge in [-0.1, -0.05) is 12.1 Å². The summed E-state index contributed by atoms with van der Waals surface area (Å²) in [6.07, 6.45) is 0.507. The lowest BCUT2D eigenvalue weighted by Gasteiger charge is -2.21. The largest absolute Gasteiger partial charge is 0.385 e. The molecular weight excluding hydrogens is 242 g/mol. The minimum absolute atomic E-state index is 0.110. The van der Waals surface area contributed by atoms with Gasteiger partial charge in [0.1, 0.15) is 0 Å². The van der Waals surface area contributed by atoms with Gasteiger partial charge in [0, 0.05) is 27.3 Å². The van der Waals surface area contributed by atoms with E-state index in [2.05, 4.69) is 6.07 Å². The Morgan fingerprint density at radius 1 is 1.47 bits per heavy atom. The monoisotopic (exact) mass is 261 g/mol. The molecule has 1 aromatic rings. The van der Waals surface area contributed by atoms with Crippen LogP contribution in [-0.4, -0.2) is 37.6 Å². The van der Waals surface area contributed by atoms with Gasteiger partial charge in [-0.3, -0.25) is 4.79 Å². The Kier molecular flexibility index (Phi) is 6.00. The van der Waals surface area contributed by atoms with Gasteiger partial charge in [-0.2, -0.15) is 5.26 Å². The van der Waals surface area contributed by atoms with E-state index < -0.39 is 6.04 Å². The summed E-state index contributed by atoms with van der Waals surface area (Å²) < 4.78 is 4.90. The van der Waals surface area contributed by atoms with Crippen LogP contribution in [0.15, 0.2) is 24.3 Å². The maximum atomic E-state index is 12.0. The van der Waals surface area contributed by atoms with Crippen LogP contribution in [0.5, 0.6) is 0 Å². The number of ether oxygens (including phenoxy) is 1. The minimum Gasteiger partial charge on any atom is -0.385 e. The van der Waals surface area contributed by atoms with Gasteiger partial charge in [0.05, 0.1) is 17.7 Å². The Balaban J connectivity index is 2.55. The fraction of sp³-hybridized carbons (Fsp3) is 0.429. The lowest BCUT2D eigenvalue weighted by Crippen LogP contribution is -2.42. The van der Waals surface area contributed by atoms with Gasteiger partial charge in [0.15, 0.2) is 0 Å². The first-order valence-electron chi connectivity index (χ1n) is 6.07. The number of amides is 1. The molecule has 0 heterocycles. The SMILES string of the molecule is COCCC(N)C(=O)N(C)Cc1ccc(C#N)cc1. The number of methoxy groups -OCH3 is 1. The molecule has 0 aromatic heterocycles. The summed E-state index contributed by atoms with van der Waals surface area (Å²) in [6, 6.07) is 8.66. The fourth-order valence-corrected chi connectivity index (χ4v) is 1.69. The van der Waals surface area contributed by atoms with Gasteiger partial charge in [-0.05, 0) is 24.1 Å². The van der Waals surface area contributed by atoms with Crippen LogP contribution in [0.2, 0.25) is 0 Å². The predicted molar refractivity (Wildman–Crippen MR) is 72.1 cm³/mol. The molecule has 1 unspecified atom stereocenters. The lowest BCUT2D eigenvalue weighted by molar-refractivity contribution is -0.132. The van der Waals surface area contributed by atoms with Crippen molar-refractivity contribution < 1.29 is 9.53 Å². The molecule has 0 aliphatic heterocycles. The number of carbonyl (C=O) groups is 1. The molecule has 2 N–H and O–H groups in total. The van der Waals surface area contributed by atoms with E-state index in [1.807, 2.05) is 12.1 Å². The van der Waals surface area contributed by atoms with Crippen molar-refractivity contribution in [2.75, 3.05) is 20.8 Å². The Morgan fingerprint density at radius 3 is 2.63 bits per heavy atom. The zero-order valence-electron chi connectivity index (χ0n) is 11.3. The maximum absolute atomic E-state index is 12.0. The zero-order chi connectivity index (χ0) is 14.3. The Labute approximate surface area is 113 Å². The minimum atomic E-state index is -0.539. The van der Waals surface area contributed by atoms with Crippen molar-refractivity contribution in [2.24, 2.45) is 5.73 Å². The van der Waals surface area contributed by atoms with E-state index in [4.69, 9.17) is 15.7 Å². The molecule has 102 valence electrons. The molecule has 1 aromatic carbocycles. The Hall–Kier alpha value is -1.90. The summed E-state index contributed by atoms with van der Waals surface area (Å²) in [4.78, 5) is 13.6. The van der Waals surface area contributed by atoms with Crippen molar-refractivity contribution in [1.82, 2.24) is 4.90 Å². The third-order valence-corrected chi connectivity index (χ3v) is 2.83. The topological polar surface area (TPSA) is 79.3 Å². The molecular formula is C14H19N3O2. The zero-order valence-corrected chi connectivity index (χ0v) is 11.3. The molecule has 0 spiro atoms. The summed E-state index contributed by atoms with van der Waals surface area (Å²) in [5.41, 5.74) is 7.36. The van der Waals surface area contributed by atoms with Crippen LogP contribution in [0.1, 0.15) is 17.5 Å². The molecule has 5 nitrogen and oxygen atoms in total. The second-order valence-electron chi connectivity index (χ2n) is 4.39. The summed E-state index contributed by atoms with van der Waals surface area (Å²) >= 11 is 0. The highest BCUT2D eigenvalue weighted by molar-refractivity contribution is 5.81. The third-order valence-electron chi connectivity index (χ3n) is 2.83. The molecule has 5 heteroatoms. The van der Waals surface area contributed by atoms with Gasteiger partial charge < -0.3 is 15.4 Å². The van der Waals surface area contributed by atoms with Crippen LogP contribution in [0.25, 0.3) is 0 Å². The third kappa shape index (κ3) is 4.70. The second-order valence-corrected chi connectivity index (χ2v) is 4.39. The number of rotatable bonds is 6. The molecule has 0 bridgehead atoms. The molecule has 0 saturated heterocycles. The molecule has 1 atom stereocenters. The summed E-state index contributed by atoms with van der Waals surface area (Å²) in [5.74, 6) is -0.110. The molecule has 0 radical (unpaired) electrons. The van der Waals surface area contributed by atoms with Crippen molar-refractivity contribution in [1.29, 1.82) is 5.26 Å². The first kappa shape index (κ1) is 15.2. The first-order chi connectivity index (χ1) is 9.08. The molecule has 19 heavy (non-hydrogen) atoms. The number of hydrogen-bond donors (Lipinski definition) is 1. The number of benzene rings is 1. The molecule has 1 rings (SSSR count). The van der Waals surface area contributed by atoms with E-state index in [0.717, 1.165) is 5.56 Å². The Bertz CT molecular complexity index is 451. The van der Waals surface area contributed by atoms with Gasteiger partial charge in [-0.15, -0.1) is 0 Å². The van der Waals surface area contributed by atoms with Crippen molar-refractivity contribution >= 4 is 5.91 Å². The number of carbonyl (C=O) groups excluding carboxylic acids is 1. The second kappa shape index (κ2) is 7.52. The highest BCUT2D eigenvalue weighted by Gasteiger charge is 2.17. The summed E-state index contributed by atoms with van der Waals surface area (Å²) in [5, 5.41) is 8.71. The van der Waals surface area contributed by atoms with Crippen LogP contribution in [0, 0.1) is 11.3 Å². The van der Waals surface area contributed by atoms with Crippen molar-refractivity contribution in [2.45, 2.75) is 19.0 Å². The van der Waals surface area contributed by atoms with E-state index in [1.165, 1.54) is 0 Å². The molecule has 0 aliphatic carbocycles. The van der Waals surface area contributed by atoms with E-state index in [0.29, 0.717) is 25.1 Å². The van der Waals surface area contributed by atoms with E-state index >= 15 is 0 Å². The number of nitriles is 1. The normalized spacial score (nSPS) is 11.7. The van der Waals surface area contributed by atoms with Gasteiger partial charge in [0.2, 0.25) is 5.91 Å². The average molecular weight is 261 g/mol. The van der Waals surface area contributed by atoms with Crippen molar-refractivity contribution in [3.05, 3.63) is 35.4 Å². The standard InChI is InChI=1S/C14H19N3O2/c1-17(14(18)13(16)7-8-19-2)10-12-5-3-11(9-15)4-6-12/h3-6,13H,7-8,10,16H2,1-2H3. The predicted octanol–water partition coefficient (Wildman–Crippen LogP) is 0.880. The van der Waals surface area contributed by atoms with Crippen LogP contribution in [0.3, 0.4) is 0 Å². The molecule has 0 fully saturated rings. The summed E-state index contributed by atoms with van der Waals surface area (Å²) in [6.45, 7) is 0.947. The van der Waals surface area contributed by atoms with E-state index in [9.17, 15) is 4.79 Å². The van der Waals surface area contributed by atoms with Crippen LogP contribution in [0.4, 0.5) is 0 Å². The number of nitrogens with zero attached hydrogens (tertiary/aromatic N) is 2. The molecule has 1 amide bonds. The van der Waals surface area contributed by atoms with Crippen LogP contribution < -0.4 is 5.73 Å². The van der Waals surface area contributed by atoms with Crippen LogP contribution in [-0.2, 0) is 16.1 Å². The smallest absolute Gasteiger partial charge is 0.239 e. The maximum Gasteiger partial charge on any atom is 0.239 e. The van der Waals surface area contributed by atoms with Gasteiger partial charge >= 0.3 is 0 Å². The number of nitrogens with two attached hydrogens (primary N) is 1. The van der Waals surface area contributed by atoms with E-state index in [1.54, 1.807) is 31.2 Å². The van der Waals surface area contributed by atoms with Gasteiger partial charge in [0.25, 0.3) is 0 Å².